The van der Waals surface area contributed by atoms with Crippen molar-refractivity contribution >= 4 is 17.4 Å². The van der Waals surface area contributed by atoms with Crippen LogP contribution in [0.5, 0.6) is 0 Å². The van der Waals surface area contributed by atoms with Crippen LogP contribution in [0.3, 0.4) is 0 Å². The Morgan fingerprint density at radius 3 is 1.53 bits per heavy atom. The van der Waals surface area contributed by atoms with E-state index in [2.05, 4.69) is 0 Å². The Kier molecular flexibility index (Phi) is 3.73. The SMILES string of the molecule is CC(C)(C)C1=CC(=CCl)C=C(C(C)(C)C)C1=O. The van der Waals surface area contributed by atoms with Crippen LogP contribution < -0.4 is 0 Å². The zero-order chi connectivity index (χ0) is 13.4. The van der Waals surface area contributed by atoms with E-state index in [1.165, 1.54) is 5.54 Å². The highest BCUT2D eigenvalue weighted by atomic mass is 35.5. The first kappa shape index (κ1) is 14.2. The first-order chi connectivity index (χ1) is 7.57. The predicted molar refractivity (Wildman–Crippen MR) is 74.0 cm³/mol. The minimum Gasteiger partial charge on any atom is -0.289 e. The van der Waals surface area contributed by atoms with Gasteiger partial charge in [0.25, 0.3) is 0 Å². The number of carbonyl (C=O) groups is 1. The maximum absolute atomic E-state index is 12.5. The molecule has 1 rings (SSSR count). The van der Waals surface area contributed by atoms with E-state index in [9.17, 15) is 4.79 Å². The molecule has 0 N–H and O–H groups in total. The van der Waals surface area contributed by atoms with E-state index in [1.807, 2.05) is 53.7 Å². The average molecular weight is 253 g/mol. The lowest BCUT2D eigenvalue weighted by atomic mass is 9.72. The molecule has 0 amide bonds. The van der Waals surface area contributed by atoms with Crippen molar-refractivity contribution in [3.05, 3.63) is 34.4 Å². The highest BCUT2D eigenvalue weighted by molar-refractivity contribution is 6.26. The molecule has 17 heavy (non-hydrogen) atoms. The van der Waals surface area contributed by atoms with Gasteiger partial charge in [0.2, 0.25) is 0 Å². The first-order valence-electron chi connectivity index (χ1n) is 5.87. The van der Waals surface area contributed by atoms with Gasteiger partial charge in [-0.05, 0) is 28.6 Å². The molecule has 0 unspecified atom stereocenters. The lowest BCUT2D eigenvalue weighted by Gasteiger charge is -2.31. The normalized spacial score (nSPS) is 17.8. The molecule has 0 bridgehead atoms. The summed E-state index contributed by atoms with van der Waals surface area (Å²) >= 11 is 5.80. The first-order valence-corrected chi connectivity index (χ1v) is 6.30. The van der Waals surface area contributed by atoms with Gasteiger partial charge in [-0.3, -0.25) is 4.79 Å². The van der Waals surface area contributed by atoms with Crippen LogP contribution in [-0.2, 0) is 4.79 Å². The Morgan fingerprint density at radius 2 is 1.29 bits per heavy atom. The third kappa shape index (κ3) is 3.10. The fourth-order valence-electron chi connectivity index (χ4n) is 1.83. The van der Waals surface area contributed by atoms with E-state index < -0.39 is 0 Å². The highest BCUT2D eigenvalue weighted by Gasteiger charge is 2.33. The number of rotatable bonds is 0. The Morgan fingerprint density at radius 1 is 0.941 bits per heavy atom. The second-order valence-corrected chi connectivity index (χ2v) is 6.77. The summed E-state index contributed by atoms with van der Waals surface area (Å²) in [6, 6.07) is 0. The number of halogens is 1. The number of hydrogen-bond acceptors (Lipinski definition) is 1. The number of hydrogen-bond donors (Lipinski definition) is 0. The fraction of sp³-hybridized carbons (Fsp3) is 0.533. The van der Waals surface area contributed by atoms with Gasteiger partial charge >= 0.3 is 0 Å². The van der Waals surface area contributed by atoms with Crippen LogP contribution in [0.1, 0.15) is 41.5 Å². The Balaban J connectivity index is 3.33. The van der Waals surface area contributed by atoms with Gasteiger partial charge in [0.05, 0.1) is 0 Å². The Bertz CT molecular complexity index is 387. The minimum atomic E-state index is -0.160. The summed E-state index contributed by atoms with van der Waals surface area (Å²) < 4.78 is 0. The monoisotopic (exact) mass is 252 g/mol. The molecule has 2 heteroatoms. The summed E-state index contributed by atoms with van der Waals surface area (Å²) in [5.41, 5.74) is 3.78. The Labute approximate surface area is 109 Å². The molecule has 0 spiro atoms. The highest BCUT2D eigenvalue weighted by Crippen LogP contribution is 2.38. The molecule has 1 aliphatic rings. The molecular formula is C15H21ClO. The number of Topliss-reactive ketones (excluding diaryl/α,β-unsaturated/α-hetero) is 1. The molecule has 0 saturated heterocycles. The number of ketones is 1. The van der Waals surface area contributed by atoms with Crippen molar-refractivity contribution in [1.29, 1.82) is 0 Å². The lowest BCUT2D eigenvalue weighted by Crippen LogP contribution is -2.27. The average Bonchev–Trinajstić information content (AvgIpc) is 2.14. The zero-order valence-corrected chi connectivity index (χ0v) is 12.3. The van der Waals surface area contributed by atoms with E-state index in [0.29, 0.717) is 0 Å². The molecule has 0 heterocycles. The predicted octanol–water partition coefficient (Wildman–Crippen LogP) is 4.64. The van der Waals surface area contributed by atoms with Gasteiger partial charge < -0.3 is 0 Å². The molecule has 0 aromatic rings. The van der Waals surface area contributed by atoms with Crippen molar-refractivity contribution in [2.24, 2.45) is 10.8 Å². The van der Waals surface area contributed by atoms with Crippen LogP contribution >= 0.6 is 11.6 Å². The summed E-state index contributed by atoms with van der Waals surface area (Å²) in [4.78, 5) is 12.5. The third-order valence-electron chi connectivity index (χ3n) is 2.85. The molecule has 0 saturated carbocycles. The van der Waals surface area contributed by atoms with E-state index in [4.69, 9.17) is 11.6 Å². The summed E-state index contributed by atoms with van der Waals surface area (Å²) in [6.45, 7) is 12.3. The largest absolute Gasteiger partial charge is 0.289 e. The topological polar surface area (TPSA) is 17.1 Å². The maximum Gasteiger partial charge on any atom is 0.186 e. The molecule has 0 fully saturated rings. The van der Waals surface area contributed by atoms with Crippen LogP contribution in [-0.4, -0.2) is 5.78 Å². The standard InChI is InChI=1S/C15H21ClO/c1-14(2,3)11-7-10(9-16)8-12(13(11)17)15(4,5)6/h7-9H,1-6H3. The minimum absolute atomic E-state index is 0.146. The summed E-state index contributed by atoms with van der Waals surface area (Å²) in [6.07, 6.45) is 3.79. The van der Waals surface area contributed by atoms with Crippen LogP contribution in [0.15, 0.2) is 34.4 Å². The van der Waals surface area contributed by atoms with Crippen LogP contribution in [0.2, 0.25) is 0 Å². The van der Waals surface area contributed by atoms with Crippen LogP contribution in [0, 0.1) is 10.8 Å². The van der Waals surface area contributed by atoms with Gasteiger partial charge in [0.15, 0.2) is 5.78 Å². The molecule has 0 radical (unpaired) electrons. The van der Waals surface area contributed by atoms with Gasteiger partial charge in [0.1, 0.15) is 0 Å². The number of carbonyl (C=O) groups excluding carboxylic acids is 1. The Hall–Kier alpha value is -0.820. The van der Waals surface area contributed by atoms with Crippen LogP contribution in [0.25, 0.3) is 0 Å². The zero-order valence-electron chi connectivity index (χ0n) is 11.5. The summed E-state index contributed by atoms with van der Waals surface area (Å²) in [5, 5.41) is 0. The molecule has 1 aliphatic carbocycles. The molecule has 94 valence electrons. The van der Waals surface area contributed by atoms with Gasteiger partial charge in [-0.25, -0.2) is 0 Å². The number of allylic oxidation sites excluding steroid dienone is 5. The second kappa shape index (κ2) is 4.45. The molecule has 0 aromatic heterocycles. The van der Waals surface area contributed by atoms with Crippen molar-refractivity contribution < 1.29 is 4.79 Å². The second-order valence-electron chi connectivity index (χ2n) is 6.55. The summed E-state index contributed by atoms with van der Waals surface area (Å²) in [5.74, 6) is 0.146. The smallest absolute Gasteiger partial charge is 0.186 e. The van der Waals surface area contributed by atoms with Crippen LogP contribution in [0.4, 0.5) is 0 Å². The molecular weight excluding hydrogens is 232 g/mol. The van der Waals surface area contributed by atoms with Crippen molar-refractivity contribution in [3.63, 3.8) is 0 Å². The van der Waals surface area contributed by atoms with Crippen molar-refractivity contribution in [2.75, 3.05) is 0 Å². The van der Waals surface area contributed by atoms with Crippen molar-refractivity contribution in [2.45, 2.75) is 41.5 Å². The van der Waals surface area contributed by atoms with Crippen molar-refractivity contribution in [1.82, 2.24) is 0 Å². The van der Waals surface area contributed by atoms with Gasteiger partial charge in [-0.1, -0.05) is 53.1 Å². The van der Waals surface area contributed by atoms with E-state index >= 15 is 0 Å². The molecule has 0 atom stereocenters. The van der Waals surface area contributed by atoms with E-state index in [1.54, 1.807) is 0 Å². The maximum atomic E-state index is 12.5. The lowest BCUT2D eigenvalue weighted by molar-refractivity contribution is -0.114. The van der Waals surface area contributed by atoms with Gasteiger partial charge in [-0.15, -0.1) is 0 Å². The third-order valence-corrected chi connectivity index (χ3v) is 3.11. The molecule has 1 nitrogen and oxygen atoms in total. The summed E-state index contributed by atoms with van der Waals surface area (Å²) in [7, 11) is 0. The quantitative estimate of drug-likeness (QED) is 0.614. The van der Waals surface area contributed by atoms with E-state index in [-0.39, 0.29) is 16.6 Å². The molecule has 0 aromatic carbocycles. The fourth-order valence-corrected chi connectivity index (χ4v) is 1.95. The van der Waals surface area contributed by atoms with Crippen molar-refractivity contribution in [3.8, 4) is 0 Å². The van der Waals surface area contributed by atoms with Gasteiger partial charge in [-0.2, -0.15) is 0 Å². The van der Waals surface area contributed by atoms with Gasteiger partial charge in [0, 0.05) is 16.7 Å². The molecule has 0 aliphatic heterocycles. The van der Waals surface area contributed by atoms with E-state index in [0.717, 1.165) is 16.7 Å².